The van der Waals surface area contributed by atoms with Crippen LogP contribution in [0.3, 0.4) is 0 Å². The zero-order valence-electron chi connectivity index (χ0n) is 14.9. The molecule has 1 atom stereocenters. The smallest absolute Gasteiger partial charge is 0.228 e. The van der Waals surface area contributed by atoms with Gasteiger partial charge in [-0.15, -0.1) is 0 Å². The lowest BCUT2D eigenvalue weighted by Gasteiger charge is -2.34. The van der Waals surface area contributed by atoms with Crippen molar-refractivity contribution < 1.29 is 4.79 Å². The van der Waals surface area contributed by atoms with Gasteiger partial charge in [-0.05, 0) is 55.3 Å². The zero-order valence-corrected chi connectivity index (χ0v) is 14.9. The molecule has 2 aromatic carbocycles. The lowest BCUT2D eigenvalue weighted by molar-refractivity contribution is -0.124. The number of nitrogens with zero attached hydrogens (tertiary/aromatic N) is 1. The van der Waals surface area contributed by atoms with Crippen molar-refractivity contribution >= 4 is 16.7 Å². The van der Waals surface area contributed by atoms with E-state index in [4.69, 9.17) is 5.73 Å². The van der Waals surface area contributed by atoms with Crippen molar-refractivity contribution in [3.8, 4) is 0 Å². The molecular formula is C20H28N2O. The molecule has 0 spiro atoms. The van der Waals surface area contributed by atoms with Gasteiger partial charge in [0, 0.05) is 6.54 Å². The van der Waals surface area contributed by atoms with Crippen LogP contribution in [-0.4, -0.2) is 31.4 Å². The molecule has 0 aliphatic carbocycles. The molecule has 124 valence electrons. The number of likely N-dealkylation sites (N-methyl/N-ethyl adjacent to an activating group) is 1. The first-order chi connectivity index (χ1) is 10.8. The maximum Gasteiger partial charge on any atom is 0.228 e. The highest BCUT2D eigenvalue weighted by atomic mass is 16.1. The van der Waals surface area contributed by atoms with Gasteiger partial charge in [-0.3, -0.25) is 4.79 Å². The number of nitrogens with two attached hydrogens (primary N) is 1. The summed E-state index contributed by atoms with van der Waals surface area (Å²) in [5.74, 6) is -0.126. The van der Waals surface area contributed by atoms with Crippen molar-refractivity contribution in [2.24, 2.45) is 11.7 Å². The summed E-state index contributed by atoms with van der Waals surface area (Å²) in [6.07, 6.45) is 0.906. The van der Waals surface area contributed by atoms with Gasteiger partial charge in [-0.25, -0.2) is 0 Å². The van der Waals surface area contributed by atoms with Crippen molar-refractivity contribution in [1.29, 1.82) is 0 Å². The van der Waals surface area contributed by atoms with E-state index in [1.807, 2.05) is 19.1 Å². The highest BCUT2D eigenvalue weighted by Gasteiger charge is 2.39. The Morgan fingerprint density at radius 1 is 1.17 bits per heavy atom. The number of primary amides is 1. The third-order valence-electron chi connectivity index (χ3n) is 5.03. The SMILES string of the molecule is CC(C)C(C)(C(N)=O)c1c(CCN(C)C)ccc2ccccc12. The second-order valence-corrected chi connectivity index (χ2v) is 7.10. The van der Waals surface area contributed by atoms with E-state index in [1.54, 1.807) is 0 Å². The minimum absolute atomic E-state index is 0.129. The van der Waals surface area contributed by atoms with Gasteiger partial charge in [0.05, 0.1) is 5.41 Å². The summed E-state index contributed by atoms with van der Waals surface area (Å²) in [6, 6.07) is 12.6. The number of fused-ring (bicyclic) bond motifs is 1. The van der Waals surface area contributed by atoms with Crippen LogP contribution in [0.4, 0.5) is 0 Å². The van der Waals surface area contributed by atoms with Crippen LogP contribution >= 0.6 is 0 Å². The summed E-state index contributed by atoms with van der Waals surface area (Å²) in [5.41, 5.74) is 7.50. The molecule has 0 radical (unpaired) electrons. The summed E-state index contributed by atoms with van der Waals surface area (Å²) in [7, 11) is 4.13. The Labute approximate surface area is 139 Å². The van der Waals surface area contributed by atoms with E-state index in [2.05, 4.69) is 57.1 Å². The first kappa shape index (κ1) is 17.5. The number of amides is 1. The second kappa shape index (κ2) is 6.71. The maximum absolute atomic E-state index is 12.4. The van der Waals surface area contributed by atoms with E-state index in [0.717, 1.165) is 29.3 Å². The second-order valence-electron chi connectivity index (χ2n) is 7.10. The van der Waals surface area contributed by atoms with Gasteiger partial charge in [0.2, 0.25) is 5.91 Å². The number of carbonyl (C=O) groups is 1. The largest absolute Gasteiger partial charge is 0.369 e. The van der Waals surface area contributed by atoms with E-state index in [-0.39, 0.29) is 11.8 Å². The average molecular weight is 312 g/mol. The van der Waals surface area contributed by atoms with Crippen molar-refractivity contribution in [2.45, 2.75) is 32.6 Å². The lowest BCUT2D eigenvalue weighted by atomic mass is 9.69. The fourth-order valence-corrected chi connectivity index (χ4v) is 3.18. The molecule has 0 saturated carbocycles. The van der Waals surface area contributed by atoms with E-state index >= 15 is 0 Å². The van der Waals surface area contributed by atoms with Crippen LogP contribution in [0.25, 0.3) is 10.8 Å². The van der Waals surface area contributed by atoms with Crippen LogP contribution in [0.2, 0.25) is 0 Å². The van der Waals surface area contributed by atoms with Crippen LogP contribution in [0.1, 0.15) is 31.9 Å². The van der Waals surface area contributed by atoms with Crippen LogP contribution in [0.5, 0.6) is 0 Å². The molecule has 0 heterocycles. The summed E-state index contributed by atoms with van der Waals surface area (Å²) in [4.78, 5) is 14.6. The molecule has 23 heavy (non-hydrogen) atoms. The molecule has 3 heteroatoms. The molecule has 0 aliphatic heterocycles. The minimum atomic E-state index is -0.678. The van der Waals surface area contributed by atoms with Gasteiger partial charge in [0.15, 0.2) is 0 Å². The maximum atomic E-state index is 12.4. The topological polar surface area (TPSA) is 46.3 Å². The van der Waals surface area contributed by atoms with Crippen LogP contribution in [0, 0.1) is 5.92 Å². The third-order valence-corrected chi connectivity index (χ3v) is 5.03. The number of carbonyl (C=O) groups excluding carboxylic acids is 1. The van der Waals surface area contributed by atoms with Crippen LogP contribution in [0.15, 0.2) is 36.4 Å². The molecule has 3 nitrogen and oxygen atoms in total. The first-order valence-corrected chi connectivity index (χ1v) is 8.24. The Bertz CT molecular complexity index is 706. The molecule has 2 aromatic rings. The van der Waals surface area contributed by atoms with Crippen molar-refractivity contribution in [2.75, 3.05) is 20.6 Å². The molecule has 0 saturated heterocycles. The van der Waals surface area contributed by atoms with Gasteiger partial charge >= 0.3 is 0 Å². The van der Waals surface area contributed by atoms with Crippen LogP contribution in [-0.2, 0) is 16.6 Å². The summed E-state index contributed by atoms with van der Waals surface area (Å²) in [5, 5.41) is 2.29. The molecule has 0 aromatic heterocycles. The molecule has 0 fully saturated rings. The van der Waals surface area contributed by atoms with Gasteiger partial charge in [-0.1, -0.05) is 50.2 Å². The monoisotopic (exact) mass is 312 g/mol. The predicted octanol–water partition coefficient (Wildman–Crippen LogP) is 3.34. The highest BCUT2D eigenvalue weighted by molar-refractivity contribution is 5.96. The van der Waals surface area contributed by atoms with Gasteiger partial charge < -0.3 is 10.6 Å². The number of rotatable bonds is 6. The number of hydrogen-bond donors (Lipinski definition) is 1. The Balaban J connectivity index is 2.75. The summed E-state index contributed by atoms with van der Waals surface area (Å²) < 4.78 is 0. The van der Waals surface area contributed by atoms with Gasteiger partial charge in [0.1, 0.15) is 0 Å². The van der Waals surface area contributed by atoms with Gasteiger partial charge in [-0.2, -0.15) is 0 Å². The standard InChI is InChI=1S/C20H28N2O/c1-14(2)20(3,19(21)23)18-16(12-13-22(4)5)11-10-15-8-6-7-9-17(15)18/h6-11,14H,12-13H2,1-5H3,(H2,21,23). The molecule has 2 rings (SSSR count). The average Bonchev–Trinajstić information content (AvgIpc) is 2.50. The summed E-state index contributed by atoms with van der Waals surface area (Å²) >= 11 is 0. The van der Waals surface area contributed by atoms with Crippen LogP contribution < -0.4 is 5.73 Å². The Kier molecular flexibility index (Phi) is 5.10. The molecule has 0 aliphatic rings. The Morgan fingerprint density at radius 3 is 2.39 bits per heavy atom. The van der Waals surface area contributed by atoms with Crippen molar-refractivity contribution in [3.63, 3.8) is 0 Å². The Morgan fingerprint density at radius 2 is 1.83 bits per heavy atom. The molecule has 1 amide bonds. The predicted molar refractivity (Wildman–Crippen MR) is 97.6 cm³/mol. The molecule has 1 unspecified atom stereocenters. The first-order valence-electron chi connectivity index (χ1n) is 8.24. The summed E-state index contributed by atoms with van der Waals surface area (Å²) in [6.45, 7) is 7.07. The number of hydrogen-bond acceptors (Lipinski definition) is 2. The van der Waals surface area contributed by atoms with E-state index in [9.17, 15) is 4.79 Å². The lowest BCUT2D eigenvalue weighted by Crippen LogP contribution is -2.44. The quantitative estimate of drug-likeness (QED) is 0.889. The fourth-order valence-electron chi connectivity index (χ4n) is 3.18. The van der Waals surface area contributed by atoms with E-state index in [1.165, 1.54) is 5.56 Å². The normalized spacial score (nSPS) is 14.4. The molecule has 0 bridgehead atoms. The zero-order chi connectivity index (χ0) is 17.2. The third kappa shape index (κ3) is 3.25. The molecule has 2 N–H and O–H groups in total. The van der Waals surface area contributed by atoms with E-state index < -0.39 is 5.41 Å². The van der Waals surface area contributed by atoms with E-state index in [0.29, 0.717) is 0 Å². The Hall–Kier alpha value is -1.87. The highest BCUT2D eigenvalue weighted by Crippen LogP contribution is 2.39. The fraction of sp³-hybridized carbons (Fsp3) is 0.450. The molecular weight excluding hydrogens is 284 g/mol. The minimum Gasteiger partial charge on any atom is -0.369 e. The number of benzene rings is 2. The van der Waals surface area contributed by atoms with Gasteiger partial charge in [0.25, 0.3) is 0 Å². The van der Waals surface area contributed by atoms with Crippen molar-refractivity contribution in [1.82, 2.24) is 4.90 Å². The van der Waals surface area contributed by atoms with Crippen molar-refractivity contribution in [3.05, 3.63) is 47.5 Å².